The highest BCUT2D eigenvalue weighted by Gasteiger charge is 2.45. The van der Waals surface area contributed by atoms with Gasteiger partial charge in [-0.15, -0.1) is 0 Å². The predicted molar refractivity (Wildman–Crippen MR) is 65.6 cm³/mol. The van der Waals surface area contributed by atoms with Gasteiger partial charge in [0.1, 0.15) is 0 Å². The van der Waals surface area contributed by atoms with E-state index in [4.69, 9.17) is 0 Å². The third kappa shape index (κ3) is 1.28. The lowest BCUT2D eigenvalue weighted by molar-refractivity contribution is -0.109. The van der Waals surface area contributed by atoms with Crippen molar-refractivity contribution in [2.75, 3.05) is 23.4 Å². The standard InChI is InChI=1S/C11H13BrN2O/c1-3-14-10-7-5-4-6-9(10)13(2)11(14,12)8-15/h4-8H,3H2,1-2H3. The maximum Gasteiger partial charge on any atom is 0.227 e. The van der Waals surface area contributed by atoms with Crippen LogP contribution in [-0.2, 0) is 4.79 Å². The van der Waals surface area contributed by atoms with E-state index in [9.17, 15) is 4.79 Å². The Balaban J connectivity index is 2.58. The molecule has 1 unspecified atom stereocenters. The molecule has 0 radical (unpaired) electrons. The molecule has 1 aliphatic heterocycles. The average molecular weight is 269 g/mol. The molecule has 0 saturated carbocycles. The zero-order valence-corrected chi connectivity index (χ0v) is 10.4. The number of nitrogens with zero attached hydrogens (tertiary/aromatic N) is 2. The van der Waals surface area contributed by atoms with E-state index in [1.165, 1.54) is 0 Å². The molecule has 1 aromatic rings. The van der Waals surface area contributed by atoms with Crippen LogP contribution in [0.2, 0.25) is 0 Å². The second-order valence-corrected chi connectivity index (χ2v) is 4.71. The molecule has 2 rings (SSSR count). The molecular weight excluding hydrogens is 256 g/mol. The SMILES string of the molecule is CCN1c2ccccc2N(C)C1(Br)C=O. The fraction of sp³-hybridized carbons (Fsp3) is 0.364. The van der Waals surface area contributed by atoms with Crippen molar-refractivity contribution in [3.8, 4) is 0 Å². The highest BCUT2D eigenvalue weighted by atomic mass is 79.9. The molecule has 1 atom stereocenters. The summed E-state index contributed by atoms with van der Waals surface area (Å²) >= 11 is 3.50. The number of likely N-dealkylation sites (N-methyl/N-ethyl adjacent to an activating group) is 2. The van der Waals surface area contributed by atoms with E-state index >= 15 is 0 Å². The van der Waals surface area contributed by atoms with Crippen LogP contribution in [0.25, 0.3) is 0 Å². The van der Waals surface area contributed by atoms with Crippen molar-refractivity contribution in [3.63, 3.8) is 0 Å². The van der Waals surface area contributed by atoms with Gasteiger partial charge in [-0.25, -0.2) is 0 Å². The van der Waals surface area contributed by atoms with Crippen LogP contribution in [0.3, 0.4) is 0 Å². The maximum absolute atomic E-state index is 11.2. The first-order valence-electron chi connectivity index (χ1n) is 4.91. The second kappa shape index (κ2) is 3.52. The third-order valence-corrected chi connectivity index (χ3v) is 4.00. The number of para-hydroxylation sites is 2. The molecule has 0 saturated heterocycles. The number of halogens is 1. The van der Waals surface area contributed by atoms with Gasteiger partial charge in [-0.2, -0.15) is 0 Å². The van der Waals surface area contributed by atoms with Crippen molar-refractivity contribution in [1.29, 1.82) is 0 Å². The molecule has 1 heterocycles. The van der Waals surface area contributed by atoms with Crippen LogP contribution in [0.1, 0.15) is 6.92 Å². The first-order chi connectivity index (χ1) is 7.15. The number of fused-ring (bicyclic) bond motifs is 1. The Hall–Kier alpha value is -1.03. The topological polar surface area (TPSA) is 23.6 Å². The van der Waals surface area contributed by atoms with Crippen molar-refractivity contribution >= 4 is 33.6 Å². The third-order valence-electron chi connectivity index (χ3n) is 2.85. The number of anilines is 2. The van der Waals surface area contributed by atoms with Gasteiger partial charge in [0.2, 0.25) is 4.57 Å². The number of carbonyl (C=O) groups excluding carboxylic acids is 1. The van der Waals surface area contributed by atoms with Crippen LogP contribution in [0, 0.1) is 0 Å². The minimum Gasteiger partial charge on any atom is -0.335 e. The minimum atomic E-state index is -0.731. The molecule has 0 aliphatic carbocycles. The molecule has 80 valence electrons. The number of aldehydes is 1. The second-order valence-electron chi connectivity index (χ2n) is 3.55. The van der Waals surface area contributed by atoms with E-state index in [1.807, 2.05) is 48.0 Å². The molecule has 4 heteroatoms. The average Bonchev–Trinajstić information content (AvgIpc) is 2.50. The fourth-order valence-electron chi connectivity index (χ4n) is 2.03. The van der Waals surface area contributed by atoms with E-state index in [0.29, 0.717) is 0 Å². The summed E-state index contributed by atoms with van der Waals surface area (Å²) in [5.74, 6) is 0. The van der Waals surface area contributed by atoms with Gasteiger partial charge in [-0.3, -0.25) is 4.79 Å². The van der Waals surface area contributed by atoms with Gasteiger partial charge >= 0.3 is 0 Å². The van der Waals surface area contributed by atoms with E-state index in [2.05, 4.69) is 15.9 Å². The van der Waals surface area contributed by atoms with Gasteiger partial charge in [0, 0.05) is 13.6 Å². The van der Waals surface area contributed by atoms with Gasteiger partial charge in [-0.1, -0.05) is 12.1 Å². The Labute approximate surface area is 97.8 Å². The van der Waals surface area contributed by atoms with E-state index < -0.39 is 4.57 Å². The lowest BCUT2D eigenvalue weighted by atomic mass is 10.2. The number of rotatable bonds is 2. The molecule has 3 nitrogen and oxygen atoms in total. The first-order valence-corrected chi connectivity index (χ1v) is 5.70. The van der Waals surface area contributed by atoms with Gasteiger partial charge < -0.3 is 9.80 Å². The highest BCUT2D eigenvalue weighted by molar-refractivity contribution is 9.10. The summed E-state index contributed by atoms with van der Waals surface area (Å²) in [4.78, 5) is 15.2. The molecule has 0 aromatic heterocycles. The lowest BCUT2D eigenvalue weighted by Gasteiger charge is -2.34. The Kier molecular flexibility index (Phi) is 2.46. The van der Waals surface area contributed by atoms with Crippen molar-refractivity contribution in [3.05, 3.63) is 24.3 Å². The molecule has 1 aliphatic rings. The Morgan fingerprint density at radius 1 is 1.40 bits per heavy atom. The van der Waals surface area contributed by atoms with Crippen LogP contribution < -0.4 is 9.80 Å². The Morgan fingerprint density at radius 2 is 2.00 bits per heavy atom. The highest BCUT2D eigenvalue weighted by Crippen LogP contribution is 2.45. The van der Waals surface area contributed by atoms with Crippen molar-refractivity contribution in [1.82, 2.24) is 0 Å². The minimum absolute atomic E-state index is 0.731. The molecule has 0 bridgehead atoms. The number of benzene rings is 1. The molecule has 1 aromatic carbocycles. The summed E-state index contributed by atoms with van der Waals surface area (Å²) < 4.78 is -0.731. The molecule has 0 spiro atoms. The Bertz CT molecular complexity index is 396. The molecular formula is C11H13BrN2O. The zero-order chi connectivity index (χ0) is 11.1. The first kappa shape index (κ1) is 10.5. The van der Waals surface area contributed by atoms with Crippen LogP contribution in [0.4, 0.5) is 11.4 Å². The van der Waals surface area contributed by atoms with Crippen molar-refractivity contribution < 1.29 is 4.79 Å². The van der Waals surface area contributed by atoms with Crippen molar-refractivity contribution in [2.45, 2.75) is 11.5 Å². The lowest BCUT2D eigenvalue weighted by Crippen LogP contribution is -2.52. The zero-order valence-electron chi connectivity index (χ0n) is 8.77. The summed E-state index contributed by atoms with van der Waals surface area (Å²) in [5, 5.41) is 0. The van der Waals surface area contributed by atoms with Crippen LogP contribution in [0.15, 0.2) is 24.3 Å². The van der Waals surface area contributed by atoms with E-state index in [0.717, 1.165) is 24.2 Å². The smallest absolute Gasteiger partial charge is 0.227 e. The van der Waals surface area contributed by atoms with Gasteiger partial charge in [-0.05, 0) is 35.0 Å². The number of carbonyl (C=O) groups is 1. The normalized spacial score (nSPS) is 24.2. The number of hydrogen-bond donors (Lipinski definition) is 0. The van der Waals surface area contributed by atoms with Gasteiger partial charge in [0.25, 0.3) is 0 Å². The largest absolute Gasteiger partial charge is 0.335 e. The van der Waals surface area contributed by atoms with Gasteiger partial charge in [0.15, 0.2) is 6.29 Å². The molecule has 0 N–H and O–H groups in total. The van der Waals surface area contributed by atoms with Crippen LogP contribution in [-0.4, -0.2) is 24.5 Å². The van der Waals surface area contributed by atoms with Crippen LogP contribution in [0.5, 0.6) is 0 Å². The summed E-state index contributed by atoms with van der Waals surface area (Å²) in [7, 11) is 1.91. The van der Waals surface area contributed by atoms with Crippen molar-refractivity contribution in [2.24, 2.45) is 0 Å². The number of alkyl halides is 1. The quantitative estimate of drug-likeness (QED) is 0.467. The Morgan fingerprint density at radius 3 is 2.53 bits per heavy atom. The predicted octanol–water partition coefficient (Wildman–Crippen LogP) is 2.21. The monoisotopic (exact) mass is 268 g/mol. The van der Waals surface area contributed by atoms with E-state index in [1.54, 1.807) is 0 Å². The van der Waals surface area contributed by atoms with Gasteiger partial charge in [0.05, 0.1) is 11.4 Å². The summed E-state index contributed by atoms with van der Waals surface area (Å²) in [6.07, 6.45) is 0.927. The van der Waals surface area contributed by atoms with Crippen LogP contribution >= 0.6 is 15.9 Å². The summed E-state index contributed by atoms with van der Waals surface area (Å²) in [6.45, 7) is 2.82. The molecule has 0 fully saturated rings. The molecule has 15 heavy (non-hydrogen) atoms. The van der Waals surface area contributed by atoms with E-state index in [-0.39, 0.29) is 0 Å². The number of hydrogen-bond acceptors (Lipinski definition) is 3. The maximum atomic E-state index is 11.2. The summed E-state index contributed by atoms with van der Waals surface area (Å²) in [5.41, 5.74) is 2.16. The summed E-state index contributed by atoms with van der Waals surface area (Å²) in [6, 6.07) is 8.01. The molecule has 0 amide bonds. The fourth-order valence-corrected chi connectivity index (χ4v) is 2.66.